The Morgan fingerprint density at radius 2 is 1.90 bits per heavy atom. The third kappa shape index (κ3) is 2.16. The highest BCUT2D eigenvalue weighted by molar-refractivity contribution is 5.92. The number of aromatic nitrogens is 2. The summed E-state index contributed by atoms with van der Waals surface area (Å²) in [5.41, 5.74) is 5.84. The third-order valence-electron chi connectivity index (χ3n) is 3.96. The van der Waals surface area contributed by atoms with Gasteiger partial charge >= 0.3 is 0 Å². The molecule has 1 aromatic carbocycles. The van der Waals surface area contributed by atoms with Crippen LogP contribution < -0.4 is 0 Å². The molecule has 0 aliphatic heterocycles. The summed E-state index contributed by atoms with van der Waals surface area (Å²) >= 11 is 0. The normalized spacial score (nSPS) is 11.7. The van der Waals surface area contributed by atoms with Gasteiger partial charge in [-0.3, -0.25) is 0 Å². The topological polar surface area (TPSA) is 34.2 Å². The lowest BCUT2D eigenvalue weighted by molar-refractivity contribution is 0.393. The highest BCUT2D eigenvalue weighted by Crippen LogP contribution is 2.36. The van der Waals surface area contributed by atoms with Crippen LogP contribution in [-0.4, -0.2) is 28.7 Å². The summed E-state index contributed by atoms with van der Waals surface area (Å²) in [5, 5.41) is 5.42. The van der Waals surface area contributed by atoms with E-state index in [9.17, 15) is 0 Å². The Balaban J connectivity index is 2.38. The molecule has 0 saturated heterocycles. The molecule has 4 heteroatoms. The maximum Gasteiger partial charge on any atom is 0.143 e. The monoisotopic (exact) mass is 283 g/mol. The summed E-state index contributed by atoms with van der Waals surface area (Å²) < 4.78 is 7.63. The second-order valence-electron chi connectivity index (χ2n) is 5.84. The Labute approximate surface area is 125 Å². The van der Waals surface area contributed by atoms with Crippen molar-refractivity contribution in [3.05, 3.63) is 41.3 Å². The first-order valence-corrected chi connectivity index (χ1v) is 7.15. The SMILES string of the molecule is Cc1noc(C)c1-c1c(CN(C)C)c2ccccc2n1C. The molecule has 3 rings (SSSR count). The van der Waals surface area contributed by atoms with Gasteiger partial charge in [-0.1, -0.05) is 23.4 Å². The summed E-state index contributed by atoms with van der Waals surface area (Å²) in [5.74, 6) is 0.874. The number of benzene rings is 1. The van der Waals surface area contributed by atoms with Crippen molar-refractivity contribution in [1.82, 2.24) is 14.6 Å². The Morgan fingerprint density at radius 3 is 2.52 bits per heavy atom. The number of hydrogen-bond donors (Lipinski definition) is 0. The van der Waals surface area contributed by atoms with E-state index in [1.807, 2.05) is 13.8 Å². The molecular formula is C17H21N3O. The van der Waals surface area contributed by atoms with Crippen molar-refractivity contribution in [2.45, 2.75) is 20.4 Å². The van der Waals surface area contributed by atoms with E-state index in [2.05, 4.69) is 60.0 Å². The van der Waals surface area contributed by atoms with E-state index in [-0.39, 0.29) is 0 Å². The predicted molar refractivity (Wildman–Crippen MR) is 85.3 cm³/mol. The van der Waals surface area contributed by atoms with Gasteiger partial charge in [0.25, 0.3) is 0 Å². The minimum atomic E-state index is 0.874. The van der Waals surface area contributed by atoms with Crippen LogP contribution in [0.25, 0.3) is 22.2 Å². The maximum absolute atomic E-state index is 5.38. The number of fused-ring (bicyclic) bond motifs is 1. The van der Waals surface area contributed by atoms with E-state index in [0.29, 0.717) is 0 Å². The van der Waals surface area contributed by atoms with Crippen LogP contribution in [0.1, 0.15) is 17.0 Å². The van der Waals surface area contributed by atoms with Gasteiger partial charge in [0.1, 0.15) is 5.76 Å². The van der Waals surface area contributed by atoms with Crippen LogP contribution in [0.2, 0.25) is 0 Å². The van der Waals surface area contributed by atoms with Crippen molar-refractivity contribution in [1.29, 1.82) is 0 Å². The lowest BCUT2D eigenvalue weighted by Crippen LogP contribution is -2.11. The summed E-state index contributed by atoms with van der Waals surface area (Å²) in [4.78, 5) is 2.20. The highest BCUT2D eigenvalue weighted by Gasteiger charge is 2.22. The fraction of sp³-hybridized carbons (Fsp3) is 0.353. The van der Waals surface area contributed by atoms with Gasteiger partial charge in [-0.2, -0.15) is 0 Å². The van der Waals surface area contributed by atoms with Crippen molar-refractivity contribution in [2.24, 2.45) is 7.05 Å². The van der Waals surface area contributed by atoms with Crippen LogP contribution in [0, 0.1) is 13.8 Å². The Morgan fingerprint density at radius 1 is 1.19 bits per heavy atom. The van der Waals surface area contributed by atoms with Crippen molar-refractivity contribution in [3.8, 4) is 11.3 Å². The molecule has 3 aromatic rings. The molecular weight excluding hydrogens is 262 g/mol. The largest absolute Gasteiger partial charge is 0.361 e. The van der Waals surface area contributed by atoms with Crippen molar-refractivity contribution in [3.63, 3.8) is 0 Å². The summed E-state index contributed by atoms with van der Waals surface area (Å²) in [7, 11) is 6.31. The van der Waals surface area contributed by atoms with Crippen LogP contribution >= 0.6 is 0 Å². The molecule has 0 aliphatic carbocycles. The summed E-state index contributed by atoms with van der Waals surface area (Å²) in [6.45, 7) is 4.87. The van der Waals surface area contributed by atoms with Crippen molar-refractivity contribution in [2.75, 3.05) is 14.1 Å². The van der Waals surface area contributed by atoms with Gasteiger partial charge < -0.3 is 14.0 Å². The van der Waals surface area contributed by atoms with Crippen LogP contribution in [0.3, 0.4) is 0 Å². The first kappa shape index (κ1) is 13.9. The Kier molecular flexibility index (Phi) is 3.33. The standard InChI is InChI=1S/C17H21N3O/c1-11-16(12(2)21-18-11)17-14(10-19(3)4)13-8-6-7-9-15(13)20(17)5/h6-9H,10H2,1-5H3. The average molecular weight is 283 g/mol. The average Bonchev–Trinajstić information content (AvgIpc) is 2.90. The lowest BCUT2D eigenvalue weighted by atomic mass is 10.0. The Bertz CT molecular complexity index is 776. The quantitative estimate of drug-likeness (QED) is 0.737. The molecule has 0 aliphatic rings. The van der Waals surface area contributed by atoms with Crippen molar-refractivity contribution >= 4 is 10.9 Å². The first-order valence-electron chi connectivity index (χ1n) is 7.15. The lowest BCUT2D eigenvalue weighted by Gasteiger charge is -2.12. The highest BCUT2D eigenvalue weighted by atomic mass is 16.5. The molecule has 4 nitrogen and oxygen atoms in total. The van der Waals surface area contributed by atoms with Crippen LogP contribution in [-0.2, 0) is 13.6 Å². The van der Waals surface area contributed by atoms with E-state index >= 15 is 0 Å². The van der Waals surface area contributed by atoms with E-state index < -0.39 is 0 Å². The van der Waals surface area contributed by atoms with E-state index in [0.717, 1.165) is 23.6 Å². The smallest absolute Gasteiger partial charge is 0.143 e. The van der Waals surface area contributed by atoms with Crippen LogP contribution in [0.4, 0.5) is 0 Å². The van der Waals surface area contributed by atoms with Crippen LogP contribution in [0.5, 0.6) is 0 Å². The zero-order valence-electron chi connectivity index (χ0n) is 13.3. The van der Waals surface area contributed by atoms with Gasteiger partial charge in [0, 0.05) is 24.5 Å². The van der Waals surface area contributed by atoms with E-state index in [1.165, 1.54) is 22.2 Å². The molecule has 0 fully saturated rings. The Hall–Kier alpha value is -2.07. The van der Waals surface area contributed by atoms with E-state index in [1.54, 1.807) is 0 Å². The molecule has 2 aromatic heterocycles. The summed E-state index contributed by atoms with van der Waals surface area (Å²) in [6, 6.07) is 8.53. The maximum atomic E-state index is 5.38. The zero-order chi connectivity index (χ0) is 15.1. The van der Waals surface area contributed by atoms with Gasteiger partial charge in [0.2, 0.25) is 0 Å². The first-order chi connectivity index (χ1) is 10.0. The van der Waals surface area contributed by atoms with Gasteiger partial charge in [-0.25, -0.2) is 0 Å². The van der Waals surface area contributed by atoms with E-state index in [4.69, 9.17) is 4.52 Å². The minimum Gasteiger partial charge on any atom is -0.361 e. The number of rotatable bonds is 3. The summed E-state index contributed by atoms with van der Waals surface area (Å²) in [6.07, 6.45) is 0. The zero-order valence-corrected chi connectivity index (χ0v) is 13.3. The number of hydrogen-bond acceptors (Lipinski definition) is 3. The second-order valence-corrected chi connectivity index (χ2v) is 5.84. The number of aryl methyl sites for hydroxylation is 3. The second kappa shape index (κ2) is 5.04. The molecule has 21 heavy (non-hydrogen) atoms. The van der Waals surface area contributed by atoms with Gasteiger partial charge in [0.05, 0.1) is 17.0 Å². The molecule has 0 radical (unpaired) electrons. The number of para-hydroxylation sites is 1. The number of nitrogens with zero attached hydrogens (tertiary/aromatic N) is 3. The predicted octanol–water partition coefficient (Wildman–Crippen LogP) is 3.51. The fourth-order valence-electron chi connectivity index (χ4n) is 3.09. The third-order valence-corrected chi connectivity index (χ3v) is 3.96. The van der Waals surface area contributed by atoms with Gasteiger partial charge in [0.15, 0.2) is 0 Å². The molecule has 0 spiro atoms. The van der Waals surface area contributed by atoms with Gasteiger partial charge in [-0.05, 0) is 39.6 Å². The molecule has 0 unspecified atom stereocenters. The van der Waals surface area contributed by atoms with Gasteiger partial charge in [-0.15, -0.1) is 0 Å². The minimum absolute atomic E-state index is 0.874. The molecule has 0 N–H and O–H groups in total. The fourth-order valence-corrected chi connectivity index (χ4v) is 3.09. The molecule has 0 bridgehead atoms. The molecule has 110 valence electrons. The molecule has 2 heterocycles. The van der Waals surface area contributed by atoms with Crippen molar-refractivity contribution < 1.29 is 4.52 Å². The molecule has 0 amide bonds. The van der Waals surface area contributed by atoms with Crippen LogP contribution in [0.15, 0.2) is 28.8 Å². The molecule has 0 saturated carbocycles. The molecule has 0 atom stereocenters.